The van der Waals surface area contributed by atoms with E-state index in [1.165, 1.54) is 0 Å². The minimum Gasteiger partial charge on any atom is -0.491 e. The maximum Gasteiger partial charge on any atom is 0.124 e. The standard InChI is InChI=1S/C12H15N3O/c1-10-11(13)4-2-5-12(10)16-9-8-15-7-3-6-14-15/h2-7H,8-9,13H2,1H3. The SMILES string of the molecule is Cc1c(N)cccc1OCCn1cccn1. The van der Waals surface area contributed by atoms with E-state index in [4.69, 9.17) is 10.5 Å². The molecule has 0 radical (unpaired) electrons. The molecule has 0 saturated heterocycles. The summed E-state index contributed by atoms with van der Waals surface area (Å²) in [4.78, 5) is 0. The minimum atomic E-state index is 0.589. The number of hydrogen-bond donors (Lipinski definition) is 1. The quantitative estimate of drug-likeness (QED) is 0.795. The van der Waals surface area contributed by atoms with Gasteiger partial charge in [0.05, 0.1) is 6.54 Å². The summed E-state index contributed by atoms with van der Waals surface area (Å²) in [6.45, 7) is 3.28. The highest BCUT2D eigenvalue weighted by atomic mass is 16.5. The average Bonchev–Trinajstić information content (AvgIpc) is 2.77. The van der Waals surface area contributed by atoms with Gasteiger partial charge in [-0.3, -0.25) is 4.68 Å². The van der Waals surface area contributed by atoms with Gasteiger partial charge in [0.2, 0.25) is 0 Å². The summed E-state index contributed by atoms with van der Waals surface area (Å²) < 4.78 is 7.49. The molecular weight excluding hydrogens is 202 g/mol. The zero-order valence-corrected chi connectivity index (χ0v) is 9.26. The van der Waals surface area contributed by atoms with Crippen molar-refractivity contribution in [1.82, 2.24) is 9.78 Å². The van der Waals surface area contributed by atoms with Gasteiger partial charge in [-0.2, -0.15) is 5.10 Å². The minimum absolute atomic E-state index is 0.589. The Balaban J connectivity index is 1.92. The second kappa shape index (κ2) is 4.70. The van der Waals surface area contributed by atoms with E-state index in [2.05, 4.69) is 5.10 Å². The van der Waals surface area contributed by atoms with Crippen molar-refractivity contribution in [2.24, 2.45) is 0 Å². The molecule has 4 nitrogen and oxygen atoms in total. The van der Waals surface area contributed by atoms with Crippen LogP contribution in [0.25, 0.3) is 0 Å². The van der Waals surface area contributed by atoms with Gasteiger partial charge < -0.3 is 10.5 Å². The van der Waals surface area contributed by atoms with Crippen LogP contribution in [0, 0.1) is 6.92 Å². The highest BCUT2D eigenvalue weighted by Crippen LogP contribution is 2.22. The van der Waals surface area contributed by atoms with Crippen LogP contribution >= 0.6 is 0 Å². The van der Waals surface area contributed by atoms with Crippen molar-refractivity contribution in [2.75, 3.05) is 12.3 Å². The summed E-state index contributed by atoms with van der Waals surface area (Å²) in [5.41, 5.74) is 7.54. The average molecular weight is 217 g/mol. The summed E-state index contributed by atoms with van der Waals surface area (Å²) in [5.74, 6) is 0.840. The predicted molar refractivity (Wildman–Crippen MR) is 63.3 cm³/mol. The van der Waals surface area contributed by atoms with Crippen molar-refractivity contribution < 1.29 is 4.74 Å². The van der Waals surface area contributed by atoms with Gasteiger partial charge >= 0.3 is 0 Å². The Morgan fingerprint density at radius 2 is 2.25 bits per heavy atom. The van der Waals surface area contributed by atoms with Crippen LogP contribution in [0.1, 0.15) is 5.56 Å². The highest BCUT2D eigenvalue weighted by molar-refractivity contribution is 5.53. The fourth-order valence-corrected chi connectivity index (χ4v) is 1.47. The predicted octanol–water partition coefficient (Wildman–Crippen LogP) is 1.85. The zero-order chi connectivity index (χ0) is 11.4. The van der Waals surface area contributed by atoms with Crippen molar-refractivity contribution in [1.29, 1.82) is 0 Å². The molecule has 0 atom stereocenters. The lowest BCUT2D eigenvalue weighted by molar-refractivity contribution is 0.290. The summed E-state index contributed by atoms with van der Waals surface area (Å²) in [5, 5.41) is 4.10. The Bertz CT molecular complexity index is 451. The highest BCUT2D eigenvalue weighted by Gasteiger charge is 2.01. The van der Waals surface area contributed by atoms with E-state index in [1.54, 1.807) is 6.20 Å². The molecule has 0 spiro atoms. The number of aromatic nitrogens is 2. The first-order valence-electron chi connectivity index (χ1n) is 5.22. The second-order valence-corrected chi connectivity index (χ2v) is 3.59. The third-order valence-corrected chi connectivity index (χ3v) is 2.46. The monoisotopic (exact) mass is 217 g/mol. The molecule has 16 heavy (non-hydrogen) atoms. The van der Waals surface area contributed by atoms with Crippen LogP contribution in [0.5, 0.6) is 5.75 Å². The van der Waals surface area contributed by atoms with Gasteiger partial charge in [0.25, 0.3) is 0 Å². The number of rotatable bonds is 4. The van der Waals surface area contributed by atoms with Gasteiger partial charge in [-0.25, -0.2) is 0 Å². The fourth-order valence-electron chi connectivity index (χ4n) is 1.47. The van der Waals surface area contributed by atoms with Gasteiger partial charge in [-0.1, -0.05) is 6.07 Å². The van der Waals surface area contributed by atoms with E-state index in [9.17, 15) is 0 Å². The van der Waals surface area contributed by atoms with E-state index in [0.717, 1.165) is 23.5 Å². The van der Waals surface area contributed by atoms with Gasteiger partial charge in [-0.05, 0) is 25.1 Å². The summed E-state index contributed by atoms with van der Waals surface area (Å²) in [6, 6.07) is 7.59. The molecule has 1 heterocycles. The molecule has 2 N–H and O–H groups in total. The number of hydrogen-bond acceptors (Lipinski definition) is 3. The molecular formula is C12H15N3O. The topological polar surface area (TPSA) is 53.1 Å². The first-order valence-corrected chi connectivity index (χ1v) is 5.22. The fraction of sp³-hybridized carbons (Fsp3) is 0.250. The van der Waals surface area contributed by atoms with Crippen LogP contribution in [0.2, 0.25) is 0 Å². The number of nitrogens with zero attached hydrogens (tertiary/aromatic N) is 2. The summed E-state index contributed by atoms with van der Waals surface area (Å²) in [7, 11) is 0. The van der Waals surface area contributed by atoms with Crippen molar-refractivity contribution in [3.63, 3.8) is 0 Å². The lowest BCUT2D eigenvalue weighted by atomic mass is 10.2. The molecule has 0 aliphatic carbocycles. The molecule has 0 aliphatic rings. The van der Waals surface area contributed by atoms with Crippen LogP contribution in [0.15, 0.2) is 36.7 Å². The lowest BCUT2D eigenvalue weighted by Crippen LogP contribution is -2.09. The molecule has 0 aliphatic heterocycles. The molecule has 0 amide bonds. The molecule has 0 unspecified atom stereocenters. The Morgan fingerprint density at radius 3 is 3.00 bits per heavy atom. The molecule has 84 valence electrons. The van der Waals surface area contributed by atoms with Crippen LogP contribution < -0.4 is 10.5 Å². The normalized spacial score (nSPS) is 10.3. The molecule has 2 rings (SSSR count). The zero-order valence-electron chi connectivity index (χ0n) is 9.26. The Hall–Kier alpha value is -1.97. The number of anilines is 1. The second-order valence-electron chi connectivity index (χ2n) is 3.59. The smallest absolute Gasteiger partial charge is 0.124 e. The van der Waals surface area contributed by atoms with Crippen LogP contribution in [0.3, 0.4) is 0 Å². The summed E-state index contributed by atoms with van der Waals surface area (Å²) >= 11 is 0. The van der Waals surface area contributed by atoms with Crippen molar-refractivity contribution >= 4 is 5.69 Å². The van der Waals surface area contributed by atoms with E-state index in [0.29, 0.717) is 6.61 Å². The summed E-state index contributed by atoms with van der Waals surface area (Å²) in [6.07, 6.45) is 3.67. The van der Waals surface area contributed by atoms with Gasteiger partial charge in [-0.15, -0.1) is 0 Å². The van der Waals surface area contributed by atoms with Gasteiger partial charge in [0.1, 0.15) is 12.4 Å². The molecule has 1 aromatic heterocycles. The largest absolute Gasteiger partial charge is 0.491 e. The van der Waals surface area contributed by atoms with Crippen molar-refractivity contribution in [3.8, 4) is 5.75 Å². The van der Waals surface area contributed by atoms with E-state index in [-0.39, 0.29) is 0 Å². The van der Waals surface area contributed by atoms with Gasteiger partial charge in [0.15, 0.2) is 0 Å². The molecule has 2 aromatic rings. The van der Waals surface area contributed by atoms with Crippen LogP contribution in [0.4, 0.5) is 5.69 Å². The Morgan fingerprint density at radius 1 is 1.38 bits per heavy atom. The Labute approximate surface area is 94.6 Å². The first-order chi connectivity index (χ1) is 7.77. The first kappa shape index (κ1) is 10.5. The van der Waals surface area contributed by atoms with Crippen LogP contribution in [-0.2, 0) is 6.54 Å². The maximum absolute atomic E-state index is 5.79. The Kier molecular flexibility index (Phi) is 3.10. The molecule has 0 saturated carbocycles. The number of nitrogen functional groups attached to an aromatic ring is 1. The molecule has 0 bridgehead atoms. The van der Waals surface area contributed by atoms with E-state index in [1.807, 2.05) is 42.1 Å². The van der Waals surface area contributed by atoms with Gasteiger partial charge in [0, 0.05) is 23.6 Å². The number of ether oxygens (including phenoxy) is 1. The van der Waals surface area contributed by atoms with Crippen molar-refractivity contribution in [2.45, 2.75) is 13.5 Å². The third-order valence-electron chi connectivity index (χ3n) is 2.46. The van der Waals surface area contributed by atoms with Crippen LogP contribution in [-0.4, -0.2) is 16.4 Å². The van der Waals surface area contributed by atoms with E-state index < -0.39 is 0 Å². The lowest BCUT2D eigenvalue weighted by Gasteiger charge is -2.10. The molecule has 1 aromatic carbocycles. The van der Waals surface area contributed by atoms with Crippen molar-refractivity contribution in [3.05, 3.63) is 42.2 Å². The van der Waals surface area contributed by atoms with E-state index >= 15 is 0 Å². The molecule has 4 heteroatoms. The number of benzene rings is 1. The number of nitrogens with two attached hydrogens (primary N) is 1. The third kappa shape index (κ3) is 2.34. The molecule has 0 fully saturated rings. The maximum atomic E-state index is 5.79.